The van der Waals surface area contributed by atoms with Crippen LogP contribution in [0.5, 0.6) is 0 Å². The standard InChI is InChI=1S/C16H18ClN3/c1-11-16(17)14(7-9-18-11)20-10-15-13-5-3-2-4-12(13)6-8-19-15/h2-5,7,9,15,19H,6,8,10H2,1H3,(H,18,20). The number of benzene rings is 1. The molecule has 1 aliphatic heterocycles. The van der Waals surface area contributed by atoms with Crippen molar-refractivity contribution in [3.63, 3.8) is 0 Å². The van der Waals surface area contributed by atoms with Gasteiger partial charge in [0.1, 0.15) is 0 Å². The van der Waals surface area contributed by atoms with Crippen molar-refractivity contribution in [2.45, 2.75) is 19.4 Å². The third kappa shape index (κ3) is 2.65. The minimum Gasteiger partial charge on any atom is -0.382 e. The van der Waals surface area contributed by atoms with E-state index in [-0.39, 0.29) is 0 Å². The first-order valence-electron chi connectivity index (χ1n) is 6.92. The largest absolute Gasteiger partial charge is 0.382 e. The van der Waals surface area contributed by atoms with Gasteiger partial charge >= 0.3 is 0 Å². The number of pyridine rings is 1. The van der Waals surface area contributed by atoms with Crippen LogP contribution in [-0.2, 0) is 6.42 Å². The highest BCUT2D eigenvalue weighted by molar-refractivity contribution is 6.33. The zero-order valence-corrected chi connectivity index (χ0v) is 12.2. The maximum absolute atomic E-state index is 6.27. The van der Waals surface area contributed by atoms with Gasteiger partial charge in [-0.3, -0.25) is 4.98 Å². The van der Waals surface area contributed by atoms with E-state index in [1.165, 1.54) is 11.1 Å². The molecular formula is C16H18ClN3. The van der Waals surface area contributed by atoms with Crippen LogP contribution < -0.4 is 10.6 Å². The molecule has 0 amide bonds. The highest BCUT2D eigenvalue weighted by atomic mass is 35.5. The summed E-state index contributed by atoms with van der Waals surface area (Å²) in [6, 6.07) is 10.9. The molecule has 20 heavy (non-hydrogen) atoms. The third-order valence-electron chi connectivity index (χ3n) is 3.78. The summed E-state index contributed by atoms with van der Waals surface area (Å²) >= 11 is 6.27. The van der Waals surface area contributed by atoms with Crippen molar-refractivity contribution in [2.75, 3.05) is 18.4 Å². The molecule has 3 nitrogen and oxygen atoms in total. The predicted molar refractivity (Wildman–Crippen MR) is 83.4 cm³/mol. The Morgan fingerprint density at radius 2 is 2.20 bits per heavy atom. The third-order valence-corrected chi connectivity index (χ3v) is 4.25. The first-order chi connectivity index (χ1) is 9.75. The second-order valence-corrected chi connectivity index (χ2v) is 5.47. The van der Waals surface area contributed by atoms with Gasteiger partial charge in [-0.25, -0.2) is 0 Å². The Morgan fingerprint density at radius 3 is 3.10 bits per heavy atom. The van der Waals surface area contributed by atoms with Crippen molar-refractivity contribution in [2.24, 2.45) is 0 Å². The molecule has 2 aromatic rings. The van der Waals surface area contributed by atoms with Crippen LogP contribution in [0, 0.1) is 6.92 Å². The number of nitrogens with zero attached hydrogens (tertiary/aromatic N) is 1. The number of hydrogen-bond donors (Lipinski definition) is 2. The van der Waals surface area contributed by atoms with Crippen LogP contribution in [-0.4, -0.2) is 18.1 Å². The Labute approximate surface area is 124 Å². The maximum Gasteiger partial charge on any atom is 0.0849 e. The first-order valence-corrected chi connectivity index (χ1v) is 7.29. The number of nitrogens with one attached hydrogen (secondary N) is 2. The SMILES string of the molecule is Cc1nccc(NCC2NCCc3ccccc32)c1Cl. The average Bonchev–Trinajstić information content (AvgIpc) is 2.49. The molecule has 1 aromatic carbocycles. The molecule has 4 heteroatoms. The van der Waals surface area contributed by atoms with E-state index in [9.17, 15) is 0 Å². The Bertz CT molecular complexity index is 612. The van der Waals surface area contributed by atoms with Gasteiger partial charge in [0, 0.05) is 18.8 Å². The van der Waals surface area contributed by atoms with Crippen molar-refractivity contribution < 1.29 is 0 Å². The summed E-state index contributed by atoms with van der Waals surface area (Å²) in [4.78, 5) is 4.18. The molecule has 0 aliphatic carbocycles. The van der Waals surface area contributed by atoms with Crippen molar-refractivity contribution >= 4 is 17.3 Å². The molecule has 1 aliphatic rings. The quantitative estimate of drug-likeness (QED) is 0.909. The van der Waals surface area contributed by atoms with Gasteiger partial charge in [0.05, 0.1) is 16.4 Å². The Kier molecular flexibility index (Phi) is 3.90. The van der Waals surface area contributed by atoms with Crippen LogP contribution >= 0.6 is 11.6 Å². The zero-order valence-electron chi connectivity index (χ0n) is 11.5. The van der Waals surface area contributed by atoms with Crippen molar-refractivity contribution in [1.82, 2.24) is 10.3 Å². The molecule has 0 saturated carbocycles. The van der Waals surface area contributed by atoms with Crippen LogP contribution in [0.25, 0.3) is 0 Å². The minimum absolute atomic E-state index is 0.324. The van der Waals surface area contributed by atoms with Crippen LogP contribution in [0.4, 0.5) is 5.69 Å². The maximum atomic E-state index is 6.27. The highest BCUT2D eigenvalue weighted by Crippen LogP contribution is 2.26. The Hall–Kier alpha value is -1.58. The number of aryl methyl sites for hydroxylation is 1. The molecule has 3 rings (SSSR count). The fourth-order valence-corrected chi connectivity index (χ4v) is 2.85. The Morgan fingerprint density at radius 1 is 1.35 bits per heavy atom. The van der Waals surface area contributed by atoms with Crippen LogP contribution in [0.2, 0.25) is 5.02 Å². The summed E-state index contributed by atoms with van der Waals surface area (Å²) in [7, 11) is 0. The summed E-state index contributed by atoms with van der Waals surface area (Å²) in [6.45, 7) is 3.76. The van der Waals surface area contributed by atoms with E-state index in [1.54, 1.807) is 6.20 Å². The van der Waals surface area contributed by atoms with Crippen molar-refractivity contribution in [3.8, 4) is 0 Å². The minimum atomic E-state index is 0.324. The summed E-state index contributed by atoms with van der Waals surface area (Å²) in [6.07, 6.45) is 2.88. The van der Waals surface area contributed by atoms with Crippen LogP contribution in [0.3, 0.4) is 0 Å². The smallest absolute Gasteiger partial charge is 0.0849 e. The van der Waals surface area contributed by atoms with E-state index in [0.29, 0.717) is 11.1 Å². The van der Waals surface area contributed by atoms with Gasteiger partial charge in [0.15, 0.2) is 0 Å². The summed E-state index contributed by atoms with van der Waals surface area (Å²) in [5.41, 5.74) is 4.63. The number of anilines is 1. The van der Waals surface area contributed by atoms with Crippen molar-refractivity contribution in [3.05, 3.63) is 58.4 Å². The molecule has 1 unspecified atom stereocenters. The molecule has 1 atom stereocenters. The molecule has 0 saturated heterocycles. The fraction of sp³-hybridized carbons (Fsp3) is 0.312. The number of hydrogen-bond acceptors (Lipinski definition) is 3. The van der Waals surface area contributed by atoms with Crippen LogP contribution in [0.15, 0.2) is 36.5 Å². The van der Waals surface area contributed by atoms with Gasteiger partial charge in [0.2, 0.25) is 0 Å². The van der Waals surface area contributed by atoms with Gasteiger partial charge in [-0.05, 0) is 37.1 Å². The molecule has 0 radical (unpaired) electrons. The van der Waals surface area contributed by atoms with Gasteiger partial charge in [-0.1, -0.05) is 35.9 Å². The van der Waals surface area contributed by atoms with Crippen LogP contribution in [0.1, 0.15) is 22.9 Å². The lowest BCUT2D eigenvalue weighted by Crippen LogP contribution is -2.34. The first kappa shape index (κ1) is 13.4. The molecular weight excluding hydrogens is 270 g/mol. The molecule has 2 heterocycles. The highest BCUT2D eigenvalue weighted by Gasteiger charge is 2.19. The van der Waals surface area contributed by atoms with Gasteiger partial charge in [-0.2, -0.15) is 0 Å². The summed E-state index contributed by atoms with van der Waals surface area (Å²) in [5, 5.41) is 7.69. The zero-order chi connectivity index (χ0) is 13.9. The lowest BCUT2D eigenvalue weighted by molar-refractivity contribution is 0.523. The van der Waals surface area contributed by atoms with Gasteiger partial charge in [-0.15, -0.1) is 0 Å². The number of halogens is 1. The number of fused-ring (bicyclic) bond motifs is 1. The molecule has 0 spiro atoms. The summed E-state index contributed by atoms with van der Waals surface area (Å²) in [5.74, 6) is 0. The predicted octanol–water partition coefficient (Wildman–Crippen LogP) is 3.34. The molecule has 1 aromatic heterocycles. The molecule has 0 fully saturated rings. The molecule has 0 bridgehead atoms. The fourth-order valence-electron chi connectivity index (χ4n) is 2.67. The lowest BCUT2D eigenvalue weighted by atomic mass is 9.94. The normalized spacial score (nSPS) is 17.6. The van der Waals surface area contributed by atoms with E-state index in [2.05, 4.69) is 39.9 Å². The monoisotopic (exact) mass is 287 g/mol. The van der Waals surface area contributed by atoms with Gasteiger partial charge < -0.3 is 10.6 Å². The average molecular weight is 288 g/mol. The Balaban J connectivity index is 1.75. The van der Waals surface area contributed by atoms with E-state index in [1.807, 2.05) is 13.0 Å². The number of aromatic nitrogens is 1. The summed E-state index contributed by atoms with van der Waals surface area (Å²) < 4.78 is 0. The van der Waals surface area contributed by atoms with Crippen molar-refractivity contribution in [1.29, 1.82) is 0 Å². The van der Waals surface area contributed by atoms with E-state index in [0.717, 1.165) is 30.9 Å². The van der Waals surface area contributed by atoms with Gasteiger partial charge in [0.25, 0.3) is 0 Å². The molecule has 104 valence electrons. The molecule has 2 N–H and O–H groups in total. The second kappa shape index (κ2) is 5.81. The van der Waals surface area contributed by atoms with E-state index in [4.69, 9.17) is 11.6 Å². The lowest BCUT2D eigenvalue weighted by Gasteiger charge is -2.27. The topological polar surface area (TPSA) is 37.0 Å². The number of rotatable bonds is 3. The second-order valence-electron chi connectivity index (χ2n) is 5.09. The van der Waals surface area contributed by atoms with E-state index >= 15 is 0 Å². The van der Waals surface area contributed by atoms with E-state index < -0.39 is 0 Å².